The first kappa shape index (κ1) is 15.0. The summed E-state index contributed by atoms with van der Waals surface area (Å²) in [6, 6.07) is 7.97. The van der Waals surface area contributed by atoms with Crippen molar-refractivity contribution < 1.29 is 9.53 Å². The van der Waals surface area contributed by atoms with Crippen LogP contribution in [-0.2, 0) is 9.53 Å². The Morgan fingerprint density at radius 2 is 2.10 bits per heavy atom. The predicted octanol–water partition coefficient (Wildman–Crippen LogP) is 2.67. The second kappa shape index (κ2) is 6.86. The molecule has 20 heavy (non-hydrogen) atoms. The van der Waals surface area contributed by atoms with Gasteiger partial charge in [0.25, 0.3) is 0 Å². The van der Waals surface area contributed by atoms with E-state index in [-0.39, 0.29) is 12.0 Å². The van der Waals surface area contributed by atoms with Crippen LogP contribution < -0.4 is 5.32 Å². The molecule has 0 saturated carbocycles. The van der Waals surface area contributed by atoms with Gasteiger partial charge in [-0.05, 0) is 30.7 Å². The lowest BCUT2D eigenvalue weighted by atomic mass is 10.1. The summed E-state index contributed by atoms with van der Waals surface area (Å²) >= 11 is 0. The minimum atomic E-state index is 0.0707. The van der Waals surface area contributed by atoms with E-state index < -0.39 is 0 Å². The molecule has 4 heteroatoms. The van der Waals surface area contributed by atoms with Crippen LogP contribution in [0, 0.1) is 5.92 Å². The van der Waals surface area contributed by atoms with Gasteiger partial charge < -0.3 is 15.0 Å². The average Bonchev–Trinajstić information content (AvgIpc) is 2.38. The van der Waals surface area contributed by atoms with Gasteiger partial charge in [0.05, 0.1) is 12.7 Å². The highest BCUT2D eigenvalue weighted by atomic mass is 16.5. The summed E-state index contributed by atoms with van der Waals surface area (Å²) in [5, 5.41) is 2.92. The van der Waals surface area contributed by atoms with Gasteiger partial charge in [0.1, 0.15) is 0 Å². The van der Waals surface area contributed by atoms with Gasteiger partial charge in [-0.25, -0.2) is 0 Å². The van der Waals surface area contributed by atoms with Gasteiger partial charge in [0, 0.05) is 25.2 Å². The number of ether oxygens (including phenoxy) is 1. The van der Waals surface area contributed by atoms with Gasteiger partial charge in [0.2, 0.25) is 5.91 Å². The molecule has 0 aromatic heterocycles. The molecule has 1 aliphatic heterocycles. The average molecular weight is 276 g/mol. The quantitative estimate of drug-likeness (QED) is 0.919. The second-order valence-corrected chi connectivity index (χ2v) is 5.89. The maximum atomic E-state index is 11.7. The van der Waals surface area contributed by atoms with Crippen LogP contribution in [0.4, 0.5) is 5.69 Å². The summed E-state index contributed by atoms with van der Waals surface area (Å²) in [4.78, 5) is 14.0. The summed E-state index contributed by atoms with van der Waals surface area (Å²) in [6.07, 6.45) is 0.687. The molecular formula is C16H24N2O2. The van der Waals surface area contributed by atoms with E-state index in [2.05, 4.69) is 17.3 Å². The van der Waals surface area contributed by atoms with E-state index in [1.54, 1.807) is 0 Å². The summed E-state index contributed by atoms with van der Waals surface area (Å²) in [6.45, 7) is 6.76. The fraction of sp³-hybridized carbons (Fsp3) is 0.562. The molecular weight excluding hydrogens is 252 g/mol. The fourth-order valence-electron chi connectivity index (χ4n) is 2.34. The van der Waals surface area contributed by atoms with Gasteiger partial charge in [-0.1, -0.05) is 26.0 Å². The Morgan fingerprint density at radius 1 is 1.40 bits per heavy atom. The number of carbonyl (C=O) groups is 1. The van der Waals surface area contributed by atoms with Gasteiger partial charge in [0.15, 0.2) is 0 Å². The van der Waals surface area contributed by atoms with E-state index in [0.29, 0.717) is 12.3 Å². The number of rotatable bonds is 4. The highest BCUT2D eigenvalue weighted by Crippen LogP contribution is 2.23. The van der Waals surface area contributed by atoms with Crippen molar-refractivity contribution in [2.24, 2.45) is 5.92 Å². The molecule has 1 aromatic carbocycles. The smallest absolute Gasteiger partial charge is 0.224 e. The number of anilines is 1. The summed E-state index contributed by atoms with van der Waals surface area (Å²) in [5.74, 6) is 0.446. The second-order valence-electron chi connectivity index (χ2n) is 5.89. The van der Waals surface area contributed by atoms with Gasteiger partial charge >= 0.3 is 0 Å². The highest BCUT2D eigenvalue weighted by molar-refractivity contribution is 5.90. The van der Waals surface area contributed by atoms with Gasteiger partial charge in [-0.2, -0.15) is 0 Å². The van der Waals surface area contributed by atoms with Crippen LogP contribution in [0.5, 0.6) is 0 Å². The number of benzene rings is 1. The Balaban J connectivity index is 1.94. The van der Waals surface area contributed by atoms with Crippen molar-refractivity contribution in [1.29, 1.82) is 0 Å². The Bertz CT molecular complexity index is 442. The molecule has 1 saturated heterocycles. The monoisotopic (exact) mass is 276 g/mol. The lowest BCUT2D eigenvalue weighted by molar-refractivity contribution is -0.116. The van der Waals surface area contributed by atoms with E-state index in [1.165, 1.54) is 5.56 Å². The van der Waals surface area contributed by atoms with Crippen LogP contribution in [0.3, 0.4) is 0 Å². The first-order valence-corrected chi connectivity index (χ1v) is 7.24. The number of hydrogen-bond acceptors (Lipinski definition) is 3. The fourth-order valence-corrected chi connectivity index (χ4v) is 2.34. The zero-order chi connectivity index (χ0) is 14.5. The normalized spacial score (nSPS) is 20.1. The molecule has 1 aliphatic rings. The molecule has 1 N–H and O–H groups in total. The van der Waals surface area contributed by atoms with Crippen molar-refractivity contribution in [3.8, 4) is 0 Å². The Hall–Kier alpha value is -1.39. The highest BCUT2D eigenvalue weighted by Gasteiger charge is 2.19. The van der Waals surface area contributed by atoms with Gasteiger partial charge in [-0.15, -0.1) is 0 Å². The number of hydrogen-bond donors (Lipinski definition) is 1. The first-order valence-electron chi connectivity index (χ1n) is 7.24. The van der Waals surface area contributed by atoms with Crippen molar-refractivity contribution in [2.45, 2.75) is 26.4 Å². The number of amides is 1. The van der Waals surface area contributed by atoms with E-state index in [1.807, 2.05) is 38.1 Å². The zero-order valence-electron chi connectivity index (χ0n) is 12.6. The molecule has 110 valence electrons. The topological polar surface area (TPSA) is 41.6 Å². The summed E-state index contributed by atoms with van der Waals surface area (Å²) < 4.78 is 5.78. The third kappa shape index (κ3) is 4.32. The van der Waals surface area contributed by atoms with E-state index in [0.717, 1.165) is 25.4 Å². The SMILES string of the molecule is CC(C)CC(=O)Nc1ccc(C2CN(C)CCO2)cc1. The van der Waals surface area contributed by atoms with Crippen molar-refractivity contribution in [3.05, 3.63) is 29.8 Å². The molecule has 1 unspecified atom stereocenters. The summed E-state index contributed by atoms with van der Waals surface area (Å²) in [5.41, 5.74) is 2.02. The Labute approximate surface area is 121 Å². The molecule has 0 aliphatic carbocycles. The van der Waals surface area contributed by atoms with Gasteiger partial charge in [-0.3, -0.25) is 4.79 Å². The summed E-state index contributed by atoms with van der Waals surface area (Å²) in [7, 11) is 2.11. The molecule has 1 atom stereocenters. The maximum Gasteiger partial charge on any atom is 0.224 e. The Kier molecular flexibility index (Phi) is 5.15. The minimum absolute atomic E-state index is 0.0707. The first-order chi connectivity index (χ1) is 9.54. The molecule has 4 nitrogen and oxygen atoms in total. The zero-order valence-corrected chi connectivity index (χ0v) is 12.6. The molecule has 0 radical (unpaired) electrons. The molecule has 1 amide bonds. The van der Waals surface area contributed by atoms with Crippen molar-refractivity contribution in [3.63, 3.8) is 0 Å². The van der Waals surface area contributed by atoms with E-state index in [4.69, 9.17) is 4.74 Å². The predicted molar refractivity (Wildman–Crippen MR) is 80.7 cm³/mol. The molecule has 0 bridgehead atoms. The standard InChI is InChI=1S/C16H24N2O2/c1-12(2)10-16(19)17-14-6-4-13(5-7-14)15-11-18(3)8-9-20-15/h4-7,12,15H,8-11H2,1-3H3,(H,17,19). The van der Waals surface area contributed by atoms with Crippen molar-refractivity contribution >= 4 is 11.6 Å². The Morgan fingerprint density at radius 3 is 2.70 bits per heavy atom. The molecule has 1 fully saturated rings. The van der Waals surface area contributed by atoms with E-state index >= 15 is 0 Å². The number of likely N-dealkylation sites (N-methyl/N-ethyl adjacent to an activating group) is 1. The van der Waals surface area contributed by atoms with Crippen LogP contribution in [0.15, 0.2) is 24.3 Å². The largest absolute Gasteiger partial charge is 0.371 e. The minimum Gasteiger partial charge on any atom is -0.371 e. The molecule has 0 spiro atoms. The molecule has 1 heterocycles. The molecule has 1 aromatic rings. The number of morpholine rings is 1. The van der Waals surface area contributed by atoms with Crippen LogP contribution >= 0.6 is 0 Å². The lowest BCUT2D eigenvalue weighted by Gasteiger charge is -2.30. The van der Waals surface area contributed by atoms with Crippen molar-refractivity contribution in [2.75, 3.05) is 32.1 Å². The number of nitrogens with one attached hydrogen (secondary N) is 1. The third-order valence-corrected chi connectivity index (χ3v) is 3.43. The van der Waals surface area contributed by atoms with Crippen molar-refractivity contribution in [1.82, 2.24) is 4.90 Å². The van der Waals surface area contributed by atoms with Crippen LogP contribution in [0.2, 0.25) is 0 Å². The molecule has 2 rings (SSSR count). The maximum absolute atomic E-state index is 11.7. The van der Waals surface area contributed by atoms with Crippen LogP contribution in [0.25, 0.3) is 0 Å². The van der Waals surface area contributed by atoms with Crippen LogP contribution in [-0.4, -0.2) is 37.6 Å². The van der Waals surface area contributed by atoms with Crippen LogP contribution in [0.1, 0.15) is 31.9 Å². The lowest BCUT2D eigenvalue weighted by Crippen LogP contribution is -2.35. The van der Waals surface area contributed by atoms with E-state index in [9.17, 15) is 4.79 Å². The third-order valence-electron chi connectivity index (χ3n) is 3.43. The number of nitrogens with zero attached hydrogens (tertiary/aromatic N) is 1. The number of carbonyl (C=O) groups excluding carboxylic acids is 1.